The highest BCUT2D eigenvalue weighted by atomic mass is 35.5. The second-order valence-electron chi connectivity index (χ2n) is 4.16. The first-order valence-corrected chi connectivity index (χ1v) is 9.02. The Morgan fingerprint density at radius 3 is 2.09 bits per heavy atom. The van der Waals surface area contributed by atoms with Gasteiger partial charge in [-0.15, -0.1) is 0 Å². The molecule has 10 heteroatoms. The lowest BCUT2D eigenvalue weighted by atomic mass is 10.3. The van der Waals surface area contributed by atoms with Crippen molar-refractivity contribution in [1.29, 1.82) is 0 Å². The van der Waals surface area contributed by atoms with E-state index in [-0.39, 0.29) is 5.75 Å². The molecule has 0 aromatic heterocycles. The Morgan fingerprint density at radius 2 is 1.59 bits per heavy atom. The summed E-state index contributed by atoms with van der Waals surface area (Å²) >= 11 is 5.75. The van der Waals surface area contributed by atoms with Gasteiger partial charge in [-0.1, -0.05) is 29.8 Å². The summed E-state index contributed by atoms with van der Waals surface area (Å²) in [6.45, 7) is 0. The lowest BCUT2D eigenvalue weighted by Crippen LogP contribution is -2.14. The quantitative estimate of drug-likeness (QED) is 0.801. The summed E-state index contributed by atoms with van der Waals surface area (Å²) in [7, 11) is -9.03. The highest BCUT2D eigenvalue weighted by Gasteiger charge is 2.24. The van der Waals surface area contributed by atoms with E-state index in [0.717, 1.165) is 6.07 Å². The largest absolute Gasteiger partial charge is 0.456 e. The number of para-hydroxylation sites is 1. The van der Waals surface area contributed by atoms with Gasteiger partial charge >= 0.3 is 0 Å². The minimum Gasteiger partial charge on any atom is -0.456 e. The third-order valence-corrected chi connectivity index (χ3v) is 4.80. The zero-order chi connectivity index (χ0) is 16.5. The summed E-state index contributed by atoms with van der Waals surface area (Å²) in [6.07, 6.45) is 0. The van der Waals surface area contributed by atoms with Crippen LogP contribution in [0.15, 0.2) is 52.3 Å². The van der Waals surface area contributed by atoms with Crippen molar-refractivity contribution >= 4 is 31.7 Å². The molecule has 0 heterocycles. The standard InChI is InChI=1S/C12H10ClNO6S2/c13-9-6-10(20-8-4-2-1-3-5-8)12(21(14,15)16)7-11(9)22(17,18)19/h1-7H,(H2,14,15,16)(H,17,18,19). The molecule has 0 radical (unpaired) electrons. The Balaban J connectivity index is 2.66. The molecule has 0 aliphatic heterocycles. The summed E-state index contributed by atoms with van der Waals surface area (Å²) in [5, 5.41) is 4.64. The monoisotopic (exact) mass is 363 g/mol. The number of hydrogen-bond acceptors (Lipinski definition) is 5. The minimum absolute atomic E-state index is 0.258. The number of halogens is 1. The molecule has 0 atom stereocenters. The van der Waals surface area contributed by atoms with Gasteiger partial charge in [0.2, 0.25) is 10.0 Å². The van der Waals surface area contributed by atoms with Crippen molar-refractivity contribution in [2.75, 3.05) is 0 Å². The van der Waals surface area contributed by atoms with Crippen LogP contribution < -0.4 is 9.88 Å². The molecule has 0 saturated carbocycles. The van der Waals surface area contributed by atoms with Crippen LogP contribution in [0.3, 0.4) is 0 Å². The summed E-state index contributed by atoms with van der Waals surface area (Å²) in [5.41, 5.74) is 0. The molecule has 118 valence electrons. The Bertz CT molecular complexity index is 910. The van der Waals surface area contributed by atoms with Crippen LogP contribution in [0.5, 0.6) is 11.5 Å². The first kappa shape index (κ1) is 16.7. The van der Waals surface area contributed by atoms with Crippen molar-refractivity contribution < 1.29 is 26.1 Å². The molecule has 0 unspecified atom stereocenters. The third kappa shape index (κ3) is 3.76. The van der Waals surface area contributed by atoms with Gasteiger partial charge in [0.05, 0.1) is 5.02 Å². The fraction of sp³-hybridized carbons (Fsp3) is 0. The van der Waals surface area contributed by atoms with Crippen molar-refractivity contribution in [3.63, 3.8) is 0 Å². The van der Waals surface area contributed by atoms with E-state index < -0.39 is 35.0 Å². The van der Waals surface area contributed by atoms with Crippen LogP contribution >= 0.6 is 11.6 Å². The fourth-order valence-corrected chi connectivity index (χ4v) is 3.39. The van der Waals surface area contributed by atoms with Gasteiger partial charge in [0, 0.05) is 6.07 Å². The fourth-order valence-electron chi connectivity index (χ4n) is 1.63. The molecule has 22 heavy (non-hydrogen) atoms. The topological polar surface area (TPSA) is 124 Å². The van der Waals surface area contributed by atoms with Gasteiger partial charge in [0.25, 0.3) is 10.1 Å². The lowest BCUT2D eigenvalue weighted by Gasteiger charge is -2.12. The molecule has 0 spiro atoms. The summed E-state index contributed by atoms with van der Waals surface area (Å²) in [6, 6.07) is 9.74. The molecular formula is C12H10ClNO6S2. The average molecular weight is 364 g/mol. The summed E-state index contributed by atoms with van der Waals surface area (Å²) in [4.78, 5) is -1.40. The number of nitrogens with two attached hydrogens (primary N) is 1. The van der Waals surface area contributed by atoms with Gasteiger partial charge < -0.3 is 4.74 Å². The lowest BCUT2D eigenvalue weighted by molar-refractivity contribution is 0.465. The maximum atomic E-state index is 11.6. The second-order valence-corrected chi connectivity index (χ2v) is 7.49. The van der Waals surface area contributed by atoms with E-state index in [4.69, 9.17) is 26.0 Å². The van der Waals surface area contributed by atoms with E-state index in [1.54, 1.807) is 30.3 Å². The molecule has 2 aromatic rings. The van der Waals surface area contributed by atoms with Crippen LogP contribution in [0.2, 0.25) is 5.02 Å². The van der Waals surface area contributed by atoms with E-state index in [1.807, 2.05) is 0 Å². The van der Waals surface area contributed by atoms with Gasteiger partial charge in [-0.25, -0.2) is 13.6 Å². The molecule has 2 rings (SSSR count). The number of rotatable bonds is 4. The van der Waals surface area contributed by atoms with Crippen LogP contribution in [0.4, 0.5) is 0 Å². The van der Waals surface area contributed by atoms with Crippen LogP contribution in [-0.2, 0) is 20.1 Å². The number of benzene rings is 2. The Hall–Kier alpha value is -1.65. The molecule has 0 fully saturated rings. The van der Waals surface area contributed by atoms with Crippen LogP contribution in [0, 0.1) is 0 Å². The zero-order valence-electron chi connectivity index (χ0n) is 10.8. The first-order chi connectivity index (χ1) is 10.1. The van der Waals surface area contributed by atoms with Crippen LogP contribution in [0.1, 0.15) is 0 Å². The Morgan fingerprint density at radius 1 is 1.00 bits per heavy atom. The molecule has 0 bridgehead atoms. The maximum absolute atomic E-state index is 11.6. The van der Waals surface area contributed by atoms with Gasteiger partial charge in [0.1, 0.15) is 21.3 Å². The predicted octanol–water partition coefficient (Wildman–Crippen LogP) is 2.03. The van der Waals surface area contributed by atoms with Crippen molar-refractivity contribution in [3.05, 3.63) is 47.5 Å². The SMILES string of the molecule is NS(=O)(=O)c1cc(S(=O)(=O)O)c(Cl)cc1Oc1ccccc1. The van der Waals surface area contributed by atoms with Gasteiger partial charge in [-0.3, -0.25) is 4.55 Å². The molecule has 0 saturated heterocycles. The molecule has 2 aromatic carbocycles. The van der Waals surface area contributed by atoms with E-state index >= 15 is 0 Å². The number of primary sulfonamides is 1. The van der Waals surface area contributed by atoms with E-state index in [0.29, 0.717) is 11.8 Å². The normalized spacial score (nSPS) is 12.1. The molecule has 0 aliphatic rings. The van der Waals surface area contributed by atoms with E-state index in [1.165, 1.54) is 0 Å². The van der Waals surface area contributed by atoms with Gasteiger partial charge in [-0.2, -0.15) is 8.42 Å². The smallest absolute Gasteiger partial charge is 0.296 e. The highest BCUT2D eigenvalue weighted by molar-refractivity contribution is 7.89. The van der Waals surface area contributed by atoms with Crippen molar-refractivity contribution in [2.45, 2.75) is 9.79 Å². The molecule has 0 amide bonds. The van der Waals surface area contributed by atoms with Crippen molar-refractivity contribution in [2.24, 2.45) is 5.14 Å². The summed E-state index contributed by atoms with van der Waals surface area (Å²) in [5.74, 6) is 0.0363. The van der Waals surface area contributed by atoms with Crippen molar-refractivity contribution in [3.8, 4) is 11.5 Å². The summed E-state index contributed by atoms with van der Waals surface area (Å²) < 4.78 is 60.0. The number of hydrogen-bond donors (Lipinski definition) is 2. The zero-order valence-corrected chi connectivity index (χ0v) is 13.2. The van der Waals surface area contributed by atoms with E-state index in [2.05, 4.69) is 0 Å². The molecular weight excluding hydrogens is 354 g/mol. The van der Waals surface area contributed by atoms with Gasteiger partial charge in [-0.05, 0) is 18.2 Å². The van der Waals surface area contributed by atoms with Crippen LogP contribution in [0.25, 0.3) is 0 Å². The van der Waals surface area contributed by atoms with Crippen molar-refractivity contribution in [1.82, 2.24) is 0 Å². The maximum Gasteiger partial charge on any atom is 0.296 e. The average Bonchev–Trinajstić information content (AvgIpc) is 2.37. The predicted molar refractivity (Wildman–Crippen MR) is 79.2 cm³/mol. The molecule has 7 nitrogen and oxygen atoms in total. The minimum atomic E-state index is -4.71. The second kappa shape index (κ2) is 5.86. The van der Waals surface area contributed by atoms with Gasteiger partial charge in [0.15, 0.2) is 0 Å². The van der Waals surface area contributed by atoms with Crippen LogP contribution in [-0.4, -0.2) is 21.4 Å². The molecule has 3 N–H and O–H groups in total. The first-order valence-electron chi connectivity index (χ1n) is 5.66. The third-order valence-electron chi connectivity index (χ3n) is 2.55. The number of sulfonamides is 1. The molecule has 0 aliphatic carbocycles. The van der Waals surface area contributed by atoms with E-state index in [9.17, 15) is 16.8 Å². The number of ether oxygens (including phenoxy) is 1. The Labute approximate surface area is 132 Å². The Kier molecular flexibility index (Phi) is 4.45. The highest BCUT2D eigenvalue weighted by Crippen LogP contribution is 2.35.